The molecule has 0 spiro atoms. The first-order valence-corrected chi connectivity index (χ1v) is 7.33. The van der Waals surface area contributed by atoms with E-state index in [1.165, 1.54) is 18.2 Å². The molecule has 0 bridgehead atoms. The number of benzene rings is 1. The normalized spacial score (nSPS) is 19.1. The largest absolute Gasteiger partial charge is 0.478 e. The van der Waals surface area contributed by atoms with E-state index in [9.17, 15) is 20.0 Å². The summed E-state index contributed by atoms with van der Waals surface area (Å²) in [5.74, 6) is -1.12. The van der Waals surface area contributed by atoms with E-state index in [4.69, 9.17) is 0 Å². The smallest absolute Gasteiger partial charge is 0.338 e. The van der Waals surface area contributed by atoms with E-state index in [0.29, 0.717) is 6.54 Å². The molecule has 1 aliphatic heterocycles. The fourth-order valence-electron chi connectivity index (χ4n) is 3.05. The molecule has 1 unspecified atom stereocenters. The maximum atomic E-state index is 11.5. The number of carboxylic acid groups (broad SMARTS) is 1. The van der Waals surface area contributed by atoms with Crippen LogP contribution in [0.15, 0.2) is 18.2 Å². The van der Waals surface area contributed by atoms with E-state index in [1.54, 1.807) is 0 Å². The minimum absolute atomic E-state index is 0.0181. The summed E-state index contributed by atoms with van der Waals surface area (Å²) >= 11 is 0. The monoisotopic (exact) mass is 292 g/mol. The minimum Gasteiger partial charge on any atom is -0.478 e. The molecule has 1 fully saturated rings. The van der Waals surface area contributed by atoms with Crippen molar-refractivity contribution in [1.82, 2.24) is 0 Å². The van der Waals surface area contributed by atoms with Gasteiger partial charge in [0.05, 0.1) is 10.5 Å². The second-order valence-corrected chi connectivity index (χ2v) is 5.34. The van der Waals surface area contributed by atoms with E-state index < -0.39 is 10.9 Å². The summed E-state index contributed by atoms with van der Waals surface area (Å²) in [4.78, 5) is 24.2. The first-order chi connectivity index (χ1) is 10.1. The van der Waals surface area contributed by atoms with Gasteiger partial charge in [-0.25, -0.2) is 4.79 Å². The van der Waals surface area contributed by atoms with Crippen LogP contribution in [0.1, 0.15) is 49.4 Å². The molecule has 0 aromatic heterocycles. The van der Waals surface area contributed by atoms with Crippen LogP contribution in [-0.4, -0.2) is 28.6 Å². The Morgan fingerprint density at radius 2 is 2.19 bits per heavy atom. The Kier molecular flexibility index (Phi) is 4.77. The van der Waals surface area contributed by atoms with E-state index in [1.807, 2.05) is 11.8 Å². The summed E-state index contributed by atoms with van der Waals surface area (Å²) in [6, 6.07) is 4.43. The Balaban J connectivity index is 2.57. The Bertz CT molecular complexity index is 512. The Morgan fingerprint density at radius 1 is 1.43 bits per heavy atom. The van der Waals surface area contributed by atoms with Crippen LogP contribution in [0.5, 0.6) is 0 Å². The lowest BCUT2D eigenvalue weighted by Crippen LogP contribution is -2.36. The Hall–Kier alpha value is -2.11. The zero-order valence-electron chi connectivity index (χ0n) is 12.1. The van der Waals surface area contributed by atoms with Crippen LogP contribution in [0.25, 0.3) is 0 Å². The number of hydrogen-bond acceptors (Lipinski definition) is 4. The molecule has 6 nitrogen and oxygen atoms in total. The maximum Gasteiger partial charge on any atom is 0.338 e. The van der Waals surface area contributed by atoms with Gasteiger partial charge in [-0.15, -0.1) is 0 Å². The second-order valence-electron chi connectivity index (χ2n) is 5.34. The molecule has 0 saturated carbocycles. The molecule has 21 heavy (non-hydrogen) atoms. The van der Waals surface area contributed by atoms with Gasteiger partial charge in [0.25, 0.3) is 5.69 Å². The minimum atomic E-state index is -1.12. The summed E-state index contributed by atoms with van der Waals surface area (Å²) in [6.45, 7) is 2.71. The van der Waals surface area contributed by atoms with Gasteiger partial charge < -0.3 is 10.0 Å². The van der Waals surface area contributed by atoms with Crippen LogP contribution < -0.4 is 4.90 Å². The fraction of sp³-hybridized carbons (Fsp3) is 0.533. The second kappa shape index (κ2) is 6.56. The van der Waals surface area contributed by atoms with E-state index >= 15 is 0 Å². The third kappa shape index (κ3) is 3.15. The molecular weight excluding hydrogens is 272 g/mol. The first kappa shape index (κ1) is 15.3. The van der Waals surface area contributed by atoms with Gasteiger partial charge in [-0.1, -0.05) is 25.8 Å². The van der Waals surface area contributed by atoms with E-state index in [2.05, 4.69) is 0 Å². The topological polar surface area (TPSA) is 83.7 Å². The molecule has 114 valence electrons. The number of nitrogens with zero attached hydrogens (tertiary/aromatic N) is 2. The third-order valence-corrected chi connectivity index (χ3v) is 4.08. The van der Waals surface area contributed by atoms with Crippen LogP contribution in [-0.2, 0) is 0 Å². The number of carboxylic acids is 1. The van der Waals surface area contributed by atoms with Crippen LogP contribution >= 0.6 is 0 Å². The van der Waals surface area contributed by atoms with Gasteiger partial charge in [0, 0.05) is 18.7 Å². The highest BCUT2D eigenvalue weighted by atomic mass is 16.6. The molecule has 1 atom stereocenters. The average Bonchev–Trinajstić information content (AvgIpc) is 2.71. The number of carbonyl (C=O) groups is 1. The SMILES string of the molecule is CCC1CCCCCN1c1c(C(=O)O)cccc1[N+](=O)[O-]. The zero-order chi connectivity index (χ0) is 15.4. The number of para-hydroxylation sites is 1. The van der Waals surface area contributed by atoms with E-state index in [0.717, 1.165) is 32.1 Å². The summed E-state index contributed by atoms with van der Waals surface area (Å²) in [5, 5.41) is 20.7. The van der Waals surface area contributed by atoms with Crippen molar-refractivity contribution in [3.05, 3.63) is 33.9 Å². The molecule has 1 aromatic carbocycles. The van der Waals surface area contributed by atoms with Gasteiger partial charge >= 0.3 is 5.97 Å². The fourth-order valence-corrected chi connectivity index (χ4v) is 3.05. The number of hydrogen-bond donors (Lipinski definition) is 1. The van der Waals surface area contributed by atoms with Gasteiger partial charge in [-0.3, -0.25) is 10.1 Å². The molecule has 1 heterocycles. The van der Waals surface area contributed by atoms with Crippen molar-refractivity contribution < 1.29 is 14.8 Å². The standard InChI is InChI=1S/C15H20N2O4/c1-2-11-7-4-3-5-10-16(11)14-12(15(18)19)8-6-9-13(14)17(20)21/h6,8-9,11H,2-5,7,10H2,1H3,(H,18,19). The molecule has 1 aliphatic rings. The van der Waals surface area contributed by atoms with Gasteiger partial charge in [-0.2, -0.15) is 0 Å². The molecule has 1 saturated heterocycles. The molecule has 2 rings (SSSR count). The molecule has 1 N–H and O–H groups in total. The Morgan fingerprint density at radius 3 is 2.81 bits per heavy atom. The highest BCUT2D eigenvalue weighted by molar-refractivity contribution is 5.97. The molecule has 1 aromatic rings. The van der Waals surface area contributed by atoms with Crippen molar-refractivity contribution >= 4 is 17.3 Å². The lowest BCUT2D eigenvalue weighted by Gasteiger charge is -2.32. The Labute approximate surface area is 123 Å². The number of nitro groups is 1. The highest BCUT2D eigenvalue weighted by Gasteiger charge is 2.30. The number of anilines is 1. The van der Waals surface area contributed by atoms with Crippen LogP contribution in [0.3, 0.4) is 0 Å². The molecule has 6 heteroatoms. The lowest BCUT2D eigenvalue weighted by atomic mass is 10.0. The van der Waals surface area contributed by atoms with Gasteiger partial charge in [0.1, 0.15) is 5.69 Å². The molecule has 0 amide bonds. The van der Waals surface area contributed by atoms with Crippen LogP contribution in [0.4, 0.5) is 11.4 Å². The van der Waals surface area contributed by atoms with Gasteiger partial charge in [-0.05, 0) is 25.3 Å². The average molecular weight is 292 g/mol. The van der Waals surface area contributed by atoms with Crippen molar-refractivity contribution in [2.24, 2.45) is 0 Å². The molecular formula is C15H20N2O4. The lowest BCUT2D eigenvalue weighted by molar-refractivity contribution is -0.384. The molecule has 0 aliphatic carbocycles. The summed E-state index contributed by atoms with van der Waals surface area (Å²) < 4.78 is 0. The van der Waals surface area contributed by atoms with Crippen LogP contribution in [0, 0.1) is 10.1 Å². The van der Waals surface area contributed by atoms with Gasteiger partial charge in [0.2, 0.25) is 0 Å². The molecule has 0 radical (unpaired) electrons. The summed E-state index contributed by atoms with van der Waals surface area (Å²) in [7, 11) is 0. The van der Waals surface area contributed by atoms with Crippen molar-refractivity contribution in [3.63, 3.8) is 0 Å². The van der Waals surface area contributed by atoms with Crippen molar-refractivity contribution in [1.29, 1.82) is 0 Å². The third-order valence-electron chi connectivity index (χ3n) is 4.08. The maximum absolute atomic E-state index is 11.5. The van der Waals surface area contributed by atoms with Crippen LogP contribution in [0.2, 0.25) is 0 Å². The number of rotatable bonds is 4. The quantitative estimate of drug-likeness (QED) is 0.678. The summed E-state index contributed by atoms with van der Waals surface area (Å²) in [6.07, 6.45) is 4.89. The van der Waals surface area contributed by atoms with Crippen molar-refractivity contribution in [2.75, 3.05) is 11.4 Å². The zero-order valence-corrected chi connectivity index (χ0v) is 12.1. The van der Waals surface area contributed by atoms with Crippen molar-refractivity contribution in [3.8, 4) is 0 Å². The summed E-state index contributed by atoms with van der Waals surface area (Å²) in [5.41, 5.74) is 0.170. The van der Waals surface area contributed by atoms with Crippen molar-refractivity contribution in [2.45, 2.75) is 45.1 Å². The number of nitro benzene ring substituents is 1. The first-order valence-electron chi connectivity index (χ1n) is 7.33. The highest BCUT2D eigenvalue weighted by Crippen LogP contribution is 2.36. The van der Waals surface area contributed by atoms with E-state index in [-0.39, 0.29) is 23.0 Å². The predicted octanol–water partition coefficient (Wildman–Crippen LogP) is 3.45. The predicted molar refractivity (Wildman–Crippen MR) is 79.9 cm³/mol. The number of aromatic carboxylic acids is 1. The van der Waals surface area contributed by atoms with Gasteiger partial charge in [0.15, 0.2) is 0 Å².